The van der Waals surface area contributed by atoms with E-state index in [4.69, 9.17) is 15.3 Å². The maximum atomic E-state index is 10.5. The van der Waals surface area contributed by atoms with Gasteiger partial charge in [-0.3, -0.25) is 0 Å². The second-order valence-electron chi connectivity index (χ2n) is 6.06. The Balaban J connectivity index is 0.000000462. The van der Waals surface area contributed by atoms with Gasteiger partial charge < -0.3 is 15.3 Å². The quantitative estimate of drug-likeness (QED) is 0.461. The average molecular weight is 352 g/mol. The van der Waals surface area contributed by atoms with Crippen molar-refractivity contribution in [3.63, 3.8) is 0 Å². The van der Waals surface area contributed by atoms with Crippen LogP contribution in [0.1, 0.15) is 91.8 Å². The predicted molar refractivity (Wildman–Crippen MR) is 99.3 cm³/mol. The second kappa shape index (κ2) is 15.6. The Morgan fingerprint density at radius 2 is 1.08 bits per heavy atom. The highest BCUT2D eigenvalue weighted by molar-refractivity contribution is 6.01. The van der Waals surface area contributed by atoms with Crippen molar-refractivity contribution in [2.45, 2.75) is 71.1 Å². The zero-order valence-electron chi connectivity index (χ0n) is 15.2. The van der Waals surface area contributed by atoms with E-state index in [0.717, 1.165) is 6.42 Å². The van der Waals surface area contributed by atoms with Crippen LogP contribution in [0.4, 0.5) is 0 Å². The van der Waals surface area contributed by atoms with Gasteiger partial charge in [0.2, 0.25) is 0 Å². The summed E-state index contributed by atoms with van der Waals surface area (Å²) in [5.74, 6) is -2.46. The highest BCUT2D eigenvalue weighted by Gasteiger charge is 2.13. The summed E-state index contributed by atoms with van der Waals surface area (Å²) < 4.78 is 0. The van der Waals surface area contributed by atoms with E-state index in [2.05, 4.69) is 6.92 Å². The molecule has 0 saturated heterocycles. The van der Waals surface area contributed by atoms with Crippen molar-refractivity contribution < 1.29 is 24.9 Å². The summed E-state index contributed by atoms with van der Waals surface area (Å²) >= 11 is 0. The minimum atomic E-state index is -1.23. The van der Waals surface area contributed by atoms with Crippen LogP contribution in [-0.4, -0.2) is 33.9 Å². The van der Waals surface area contributed by atoms with E-state index in [-0.39, 0.29) is 11.1 Å². The van der Waals surface area contributed by atoms with Gasteiger partial charge >= 0.3 is 11.9 Å². The molecule has 1 aromatic rings. The number of hydrogen-bond acceptors (Lipinski definition) is 3. The maximum absolute atomic E-state index is 10.5. The van der Waals surface area contributed by atoms with Crippen LogP contribution in [0.15, 0.2) is 24.3 Å². The van der Waals surface area contributed by atoms with Gasteiger partial charge in [0.25, 0.3) is 0 Å². The molecule has 0 aliphatic heterocycles. The average Bonchev–Trinajstić information content (AvgIpc) is 2.61. The van der Waals surface area contributed by atoms with Crippen LogP contribution < -0.4 is 0 Å². The Morgan fingerprint density at radius 3 is 1.40 bits per heavy atom. The molecule has 0 fully saturated rings. The van der Waals surface area contributed by atoms with Gasteiger partial charge in [-0.2, -0.15) is 0 Å². The van der Waals surface area contributed by atoms with E-state index >= 15 is 0 Å². The van der Waals surface area contributed by atoms with Gasteiger partial charge in [-0.05, 0) is 18.6 Å². The van der Waals surface area contributed by atoms with E-state index in [0.29, 0.717) is 6.61 Å². The molecule has 142 valence electrons. The third-order valence-corrected chi connectivity index (χ3v) is 3.90. The van der Waals surface area contributed by atoms with Gasteiger partial charge in [-0.25, -0.2) is 9.59 Å². The van der Waals surface area contributed by atoms with Crippen LogP contribution in [0.25, 0.3) is 0 Å². The number of carboxylic acids is 2. The number of benzene rings is 1. The maximum Gasteiger partial charge on any atom is 0.336 e. The van der Waals surface area contributed by atoms with Crippen molar-refractivity contribution in [1.29, 1.82) is 0 Å². The molecule has 0 radical (unpaired) electrons. The van der Waals surface area contributed by atoms with Crippen molar-refractivity contribution >= 4 is 11.9 Å². The zero-order chi connectivity index (χ0) is 18.9. The first-order chi connectivity index (χ1) is 12.0. The first-order valence-corrected chi connectivity index (χ1v) is 9.21. The minimum Gasteiger partial charge on any atom is -0.478 e. The number of aromatic carboxylic acids is 2. The number of rotatable bonds is 12. The number of carbonyl (C=O) groups is 2. The lowest BCUT2D eigenvalue weighted by Crippen LogP contribution is -2.06. The van der Waals surface area contributed by atoms with E-state index < -0.39 is 11.9 Å². The van der Waals surface area contributed by atoms with Gasteiger partial charge in [0, 0.05) is 6.61 Å². The van der Waals surface area contributed by atoms with Crippen molar-refractivity contribution in [1.82, 2.24) is 0 Å². The molecule has 5 heteroatoms. The molecule has 0 atom stereocenters. The lowest BCUT2D eigenvalue weighted by molar-refractivity contribution is 0.0651. The normalized spacial score (nSPS) is 10.0. The first kappa shape index (κ1) is 23.1. The third-order valence-electron chi connectivity index (χ3n) is 3.90. The molecule has 1 rings (SSSR count). The van der Waals surface area contributed by atoms with Crippen molar-refractivity contribution in [3.05, 3.63) is 35.4 Å². The molecule has 25 heavy (non-hydrogen) atoms. The summed E-state index contributed by atoms with van der Waals surface area (Å²) in [6.45, 7) is 2.63. The van der Waals surface area contributed by atoms with Crippen LogP contribution in [0.3, 0.4) is 0 Å². The van der Waals surface area contributed by atoms with Crippen molar-refractivity contribution in [2.24, 2.45) is 0 Å². The van der Waals surface area contributed by atoms with E-state index in [1.165, 1.54) is 82.1 Å². The van der Waals surface area contributed by atoms with Crippen LogP contribution >= 0.6 is 0 Å². The molecular weight excluding hydrogens is 320 g/mol. The molecular formula is C20H32O5. The zero-order valence-corrected chi connectivity index (χ0v) is 15.2. The van der Waals surface area contributed by atoms with Crippen LogP contribution in [0, 0.1) is 0 Å². The second-order valence-corrected chi connectivity index (χ2v) is 6.06. The molecule has 0 amide bonds. The van der Waals surface area contributed by atoms with Crippen LogP contribution in [0.5, 0.6) is 0 Å². The monoisotopic (exact) mass is 352 g/mol. The standard InChI is InChI=1S/C12H26O.C8H6O4/c1-2-3-4-5-6-7-8-9-10-11-12-13;9-7(10)5-3-1-2-4-6(5)8(11)12/h13H,2-12H2,1H3;1-4H,(H,9,10)(H,11,12). The molecule has 3 N–H and O–H groups in total. The lowest BCUT2D eigenvalue weighted by atomic mass is 10.1. The fourth-order valence-electron chi connectivity index (χ4n) is 2.46. The molecule has 0 spiro atoms. The number of aliphatic hydroxyl groups is 1. The summed E-state index contributed by atoms with van der Waals surface area (Å²) in [5, 5.41) is 25.7. The Morgan fingerprint density at radius 1 is 0.720 bits per heavy atom. The number of aliphatic hydroxyl groups excluding tert-OH is 1. The molecule has 5 nitrogen and oxygen atoms in total. The molecule has 0 bridgehead atoms. The highest BCUT2D eigenvalue weighted by atomic mass is 16.4. The summed E-state index contributed by atoms with van der Waals surface area (Å²) in [7, 11) is 0. The van der Waals surface area contributed by atoms with Gasteiger partial charge in [0.05, 0.1) is 11.1 Å². The third kappa shape index (κ3) is 12.2. The van der Waals surface area contributed by atoms with Gasteiger partial charge in [-0.1, -0.05) is 76.8 Å². The molecule has 0 aromatic heterocycles. The fourth-order valence-corrected chi connectivity index (χ4v) is 2.46. The van der Waals surface area contributed by atoms with Crippen LogP contribution in [-0.2, 0) is 0 Å². The molecule has 0 heterocycles. The highest BCUT2D eigenvalue weighted by Crippen LogP contribution is 2.10. The smallest absolute Gasteiger partial charge is 0.336 e. The van der Waals surface area contributed by atoms with Crippen LogP contribution in [0.2, 0.25) is 0 Å². The number of hydrogen-bond donors (Lipinski definition) is 3. The SMILES string of the molecule is CCCCCCCCCCCCO.O=C(O)c1ccccc1C(=O)O. The van der Waals surface area contributed by atoms with Gasteiger partial charge in [0.1, 0.15) is 0 Å². The summed E-state index contributed by atoms with van der Waals surface area (Å²) in [4.78, 5) is 20.9. The van der Waals surface area contributed by atoms with Crippen molar-refractivity contribution in [2.75, 3.05) is 6.61 Å². The first-order valence-electron chi connectivity index (χ1n) is 9.21. The topological polar surface area (TPSA) is 94.8 Å². The number of unbranched alkanes of at least 4 members (excludes halogenated alkanes) is 9. The molecule has 1 aromatic carbocycles. The Labute approximate surface area is 150 Å². The summed E-state index contributed by atoms with van der Waals surface area (Å²) in [5.41, 5.74) is -0.380. The Hall–Kier alpha value is -1.88. The summed E-state index contributed by atoms with van der Waals surface area (Å²) in [6.07, 6.45) is 13.3. The Bertz CT molecular complexity index is 442. The van der Waals surface area contributed by atoms with Crippen molar-refractivity contribution in [3.8, 4) is 0 Å². The fraction of sp³-hybridized carbons (Fsp3) is 0.600. The molecule has 0 aliphatic carbocycles. The molecule has 0 unspecified atom stereocenters. The summed E-state index contributed by atoms with van der Waals surface area (Å²) in [6, 6.07) is 5.48. The lowest BCUT2D eigenvalue weighted by Gasteiger charge is -2.00. The Kier molecular flexibility index (Phi) is 14.5. The minimum absolute atomic E-state index is 0.190. The van der Waals surface area contributed by atoms with E-state index in [1.54, 1.807) is 0 Å². The van der Waals surface area contributed by atoms with Gasteiger partial charge in [0.15, 0.2) is 0 Å². The largest absolute Gasteiger partial charge is 0.478 e. The van der Waals surface area contributed by atoms with E-state index in [9.17, 15) is 9.59 Å². The molecule has 0 aliphatic rings. The number of carboxylic acid groups (broad SMARTS) is 2. The van der Waals surface area contributed by atoms with Gasteiger partial charge in [-0.15, -0.1) is 0 Å². The predicted octanol–water partition coefficient (Wildman–Crippen LogP) is 4.98. The molecule has 0 saturated carbocycles. The van der Waals surface area contributed by atoms with E-state index in [1.807, 2.05) is 0 Å².